The van der Waals surface area contributed by atoms with Crippen LogP contribution in [0.15, 0.2) is 126 Å². The van der Waals surface area contributed by atoms with Gasteiger partial charge in [0.15, 0.2) is 0 Å². The molecule has 4 aromatic carbocycles. The summed E-state index contributed by atoms with van der Waals surface area (Å²) >= 11 is -0.402. The second-order valence-corrected chi connectivity index (χ2v) is 12.5. The number of amides is 1. The van der Waals surface area contributed by atoms with Crippen LogP contribution in [0, 0.1) is 10.1 Å². The molecule has 198 valence electrons. The van der Waals surface area contributed by atoms with Crippen molar-refractivity contribution in [1.82, 2.24) is 9.62 Å². The van der Waals surface area contributed by atoms with Crippen LogP contribution in [0.25, 0.3) is 4.47 Å². The number of hydrogen-bond acceptors (Lipinski definition) is 5. The summed E-state index contributed by atoms with van der Waals surface area (Å²) in [6, 6.07) is 32.7. The molecule has 0 saturated heterocycles. The zero-order valence-electron chi connectivity index (χ0n) is 20.9. The number of nitro groups is 1. The predicted octanol–water partition coefficient (Wildman–Crippen LogP) is 4.28. The van der Waals surface area contributed by atoms with E-state index in [9.17, 15) is 23.3 Å². The first-order valence-corrected chi connectivity index (χ1v) is 15.0. The number of carbonyl (C=O) groups is 1. The van der Waals surface area contributed by atoms with E-state index in [0.29, 0.717) is 10.0 Å². The minimum atomic E-state index is -4.28. The second-order valence-electron chi connectivity index (χ2n) is 8.39. The summed E-state index contributed by atoms with van der Waals surface area (Å²) in [5.41, 5.74) is 1.24. The van der Waals surface area contributed by atoms with E-state index in [-0.39, 0.29) is 22.9 Å². The van der Waals surface area contributed by atoms with Gasteiger partial charge in [0.2, 0.25) is 0 Å². The number of nitrogens with zero attached hydrogens (tertiary/aromatic N) is 2. The van der Waals surface area contributed by atoms with E-state index in [1.807, 2.05) is 66.7 Å². The summed E-state index contributed by atoms with van der Waals surface area (Å²) in [6.45, 7) is 1.26. The molecule has 0 unspecified atom stereocenters. The molecule has 0 saturated carbocycles. The van der Waals surface area contributed by atoms with Crippen molar-refractivity contribution in [3.8, 4) is 0 Å². The molecule has 0 fully saturated rings. The number of rotatable bonds is 10. The molecule has 8 nitrogen and oxygen atoms in total. The van der Waals surface area contributed by atoms with Gasteiger partial charge in [-0.1, -0.05) is 0 Å². The zero-order valence-corrected chi connectivity index (χ0v) is 23.5. The van der Waals surface area contributed by atoms with Crippen LogP contribution in [0.5, 0.6) is 0 Å². The summed E-state index contributed by atoms with van der Waals surface area (Å²) in [7, 11) is -4.28. The van der Waals surface area contributed by atoms with Gasteiger partial charge in [0.05, 0.1) is 0 Å². The molecule has 0 aromatic heterocycles. The van der Waals surface area contributed by atoms with Crippen LogP contribution < -0.4 is 9.78 Å². The molecule has 0 radical (unpaired) electrons. The van der Waals surface area contributed by atoms with E-state index in [2.05, 4.69) is 5.32 Å². The van der Waals surface area contributed by atoms with E-state index in [0.717, 1.165) is 22.2 Å². The van der Waals surface area contributed by atoms with Crippen molar-refractivity contribution in [2.75, 3.05) is 0 Å². The molecule has 0 aliphatic carbocycles. The molecule has 1 N–H and O–H groups in total. The van der Waals surface area contributed by atoms with Crippen LogP contribution in [-0.2, 0) is 21.4 Å². The Kier molecular flexibility index (Phi) is 8.93. The van der Waals surface area contributed by atoms with E-state index < -0.39 is 35.8 Å². The Labute approximate surface area is 233 Å². The fraction of sp³-hybridized carbons (Fsp3) is 0.0690. The van der Waals surface area contributed by atoms with E-state index in [1.54, 1.807) is 24.3 Å². The Bertz CT molecular complexity index is 1580. The number of carbonyl (C=O) groups excluding carboxylic acids is 1. The van der Waals surface area contributed by atoms with Crippen LogP contribution in [0.4, 0.5) is 5.69 Å². The first kappa shape index (κ1) is 27.8. The third-order valence-corrected chi connectivity index (χ3v) is 9.72. The molecule has 4 rings (SSSR count). The standard InChI is InChI=1S/C29H25N3O5SSe/c1-22(33)30-29(28(24-13-7-3-8-14-24)39-27-15-9-4-10-16-27)31(21-23-11-5-2-6-12-23)38(36,37)26-19-17-25(18-20-26)32(34)35/h2-20H,21H2,1H3,(H,30,33)/b29-28-. The Hall–Kier alpha value is -4.24. The molecule has 4 aromatic rings. The van der Waals surface area contributed by atoms with Crippen molar-refractivity contribution in [3.05, 3.63) is 142 Å². The fourth-order valence-corrected chi connectivity index (χ4v) is 7.48. The van der Waals surface area contributed by atoms with Gasteiger partial charge in [0, 0.05) is 0 Å². The van der Waals surface area contributed by atoms with Crippen molar-refractivity contribution in [2.45, 2.75) is 18.4 Å². The molecule has 0 heterocycles. The number of hydrogen-bond donors (Lipinski definition) is 1. The van der Waals surface area contributed by atoms with Crippen LogP contribution in [0.3, 0.4) is 0 Å². The van der Waals surface area contributed by atoms with Gasteiger partial charge in [-0.3, -0.25) is 0 Å². The molecule has 0 spiro atoms. The van der Waals surface area contributed by atoms with E-state index >= 15 is 0 Å². The van der Waals surface area contributed by atoms with Crippen LogP contribution in [0.2, 0.25) is 0 Å². The molecule has 0 bridgehead atoms. The molecular weight excluding hydrogens is 581 g/mol. The number of sulfonamides is 1. The topological polar surface area (TPSA) is 110 Å². The summed E-state index contributed by atoms with van der Waals surface area (Å²) in [6.07, 6.45) is 0. The molecule has 10 heteroatoms. The van der Waals surface area contributed by atoms with Gasteiger partial charge in [0.1, 0.15) is 0 Å². The summed E-state index contributed by atoms with van der Waals surface area (Å²) in [5.74, 6) is -0.293. The molecular formula is C29H25N3O5SSe. The van der Waals surface area contributed by atoms with Gasteiger partial charge >= 0.3 is 234 Å². The van der Waals surface area contributed by atoms with Crippen molar-refractivity contribution >= 4 is 45.5 Å². The van der Waals surface area contributed by atoms with Gasteiger partial charge < -0.3 is 0 Å². The molecule has 0 aliphatic rings. The summed E-state index contributed by atoms with van der Waals surface area (Å²) in [5, 5.41) is 14.0. The molecule has 0 atom stereocenters. The maximum atomic E-state index is 14.2. The number of nitro benzene ring substituents is 1. The van der Waals surface area contributed by atoms with Crippen molar-refractivity contribution in [2.24, 2.45) is 0 Å². The van der Waals surface area contributed by atoms with Crippen LogP contribution in [-0.4, -0.2) is 38.5 Å². The zero-order chi connectivity index (χ0) is 27.8. The number of nitrogens with one attached hydrogen (secondary N) is 1. The van der Waals surface area contributed by atoms with Gasteiger partial charge in [-0.05, 0) is 0 Å². The normalized spacial score (nSPS) is 11.8. The summed E-state index contributed by atoms with van der Waals surface area (Å²) < 4.78 is 31.2. The first-order chi connectivity index (χ1) is 18.8. The third-order valence-electron chi connectivity index (χ3n) is 5.56. The average Bonchev–Trinajstić information content (AvgIpc) is 2.95. The quantitative estimate of drug-likeness (QED) is 0.165. The Morgan fingerprint density at radius 3 is 1.92 bits per heavy atom. The summed E-state index contributed by atoms with van der Waals surface area (Å²) in [4.78, 5) is 23.0. The van der Waals surface area contributed by atoms with Gasteiger partial charge in [-0.2, -0.15) is 0 Å². The molecule has 39 heavy (non-hydrogen) atoms. The molecule has 0 aliphatic heterocycles. The van der Waals surface area contributed by atoms with Gasteiger partial charge in [0.25, 0.3) is 0 Å². The Morgan fingerprint density at radius 1 is 0.846 bits per heavy atom. The third kappa shape index (κ3) is 7.00. The van der Waals surface area contributed by atoms with Crippen molar-refractivity contribution < 1.29 is 18.1 Å². The Balaban J connectivity index is 1.97. The second kappa shape index (κ2) is 12.5. The Morgan fingerprint density at radius 2 is 1.38 bits per heavy atom. The average molecular weight is 607 g/mol. The SMILES string of the molecule is CC(=O)N/C(=C(/[Se]c1ccccc1)c1ccccc1)N(Cc1ccccc1)S(=O)(=O)c1ccc([N+](=O)[O-])cc1. The van der Waals surface area contributed by atoms with E-state index in [4.69, 9.17) is 0 Å². The maximum absolute atomic E-state index is 14.2. The fourth-order valence-electron chi connectivity index (χ4n) is 3.74. The van der Waals surface area contributed by atoms with E-state index in [1.165, 1.54) is 23.4 Å². The number of benzene rings is 4. The van der Waals surface area contributed by atoms with Crippen LogP contribution >= 0.6 is 0 Å². The molecule has 1 amide bonds. The first-order valence-electron chi connectivity index (χ1n) is 11.9. The predicted molar refractivity (Wildman–Crippen MR) is 151 cm³/mol. The van der Waals surface area contributed by atoms with Gasteiger partial charge in [-0.15, -0.1) is 0 Å². The van der Waals surface area contributed by atoms with Crippen molar-refractivity contribution in [1.29, 1.82) is 0 Å². The minimum absolute atomic E-state index is 0.0724. The van der Waals surface area contributed by atoms with Gasteiger partial charge in [-0.25, -0.2) is 0 Å². The van der Waals surface area contributed by atoms with Crippen LogP contribution in [0.1, 0.15) is 18.1 Å². The monoisotopic (exact) mass is 607 g/mol. The van der Waals surface area contributed by atoms with Crippen molar-refractivity contribution in [3.63, 3.8) is 0 Å². The number of non-ortho nitro benzene ring substituents is 1.